The maximum Gasteiger partial charge on any atom is 0.223 e. The van der Waals surface area contributed by atoms with Crippen LogP contribution in [0.3, 0.4) is 0 Å². The number of aromatic nitrogens is 1. The minimum absolute atomic E-state index is 0.0590. The molecule has 1 atom stereocenters. The minimum atomic E-state index is -0.312. The molecule has 1 unspecified atom stereocenters. The molecule has 1 saturated heterocycles. The summed E-state index contributed by atoms with van der Waals surface area (Å²) >= 11 is 12.1. The number of benzene rings is 1. The van der Waals surface area contributed by atoms with E-state index >= 15 is 0 Å². The molecule has 1 aromatic carbocycles. The number of amides is 1. The molecule has 2 aromatic rings. The smallest absolute Gasteiger partial charge is 0.223 e. The first kappa shape index (κ1) is 16.1. The van der Waals surface area contributed by atoms with Gasteiger partial charge in [0, 0.05) is 37.1 Å². The van der Waals surface area contributed by atoms with E-state index in [2.05, 4.69) is 9.88 Å². The fraction of sp³-hybridized carbons (Fsp3) is 0.250. The molecular weight excluding hydrogens is 337 g/mol. The van der Waals surface area contributed by atoms with Crippen LogP contribution in [0.5, 0.6) is 5.75 Å². The molecule has 3 rings (SSSR count). The third kappa shape index (κ3) is 3.13. The fourth-order valence-electron chi connectivity index (χ4n) is 2.81. The third-order valence-electron chi connectivity index (χ3n) is 4.06. The summed E-state index contributed by atoms with van der Waals surface area (Å²) < 4.78 is 0. The van der Waals surface area contributed by atoms with Gasteiger partial charge < -0.3 is 10.8 Å². The Morgan fingerprint density at radius 3 is 2.48 bits per heavy atom. The molecule has 1 amide bonds. The Hall–Kier alpha value is -1.82. The van der Waals surface area contributed by atoms with Crippen molar-refractivity contribution in [2.75, 3.05) is 13.1 Å². The Morgan fingerprint density at radius 2 is 1.87 bits per heavy atom. The van der Waals surface area contributed by atoms with Gasteiger partial charge in [-0.25, -0.2) is 0 Å². The van der Waals surface area contributed by atoms with Crippen molar-refractivity contribution in [2.24, 2.45) is 11.7 Å². The average Bonchev–Trinajstić information content (AvgIpc) is 2.47. The van der Waals surface area contributed by atoms with Gasteiger partial charge in [-0.3, -0.25) is 14.7 Å². The third-order valence-corrected chi connectivity index (χ3v) is 4.79. The van der Waals surface area contributed by atoms with Gasteiger partial charge in [-0.1, -0.05) is 23.2 Å². The molecule has 0 radical (unpaired) electrons. The first-order valence-electron chi connectivity index (χ1n) is 7.08. The monoisotopic (exact) mass is 351 g/mol. The molecule has 1 aliphatic rings. The second kappa shape index (κ2) is 6.35. The number of halogens is 2. The summed E-state index contributed by atoms with van der Waals surface area (Å²) in [6.45, 7) is 1.06. The van der Waals surface area contributed by atoms with Crippen LogP contribution >= 0.6 is 23.2 Å². The van der Waals surface area contributed by atoms with Crippen molar-refractivity contribution in [3.8, 4) is 5.75 Å². The van der Waals surface area contributed by atoms with E-state index in [0.717, 1.165) is 5.56 Å². The van der Waals surface area contributed by atoms with E-state index in [9.17, 15) is 9.90 Å². The largest absolute Gasteiger partial charge is 0.508 e. The number of hydrogen-bond acceptors (Lipinski definition) is 4. The predicted octanol–water partition coefficient (Wildman–Crippen LogP) is 2.60. The summed E-state index contributed by atoms with van der Waals surface area (Å²) in [5, 5.41) is 11.0. The van der Waals surface area contributed by atoms with Gasteiger partial charge in [-0.15, -0.1) is 0 Å². The molecule has 1 fully saturated rings. The van der Waals surface area contributed by atoms with E-state index in [0.29, 0.717) is 28.7 Å². The van der Waals surface area contributed by atoms with E-state index < -0.39 is 0 Å². The van der Waals surface area contributed by atoms with Crippen LogP contribution in [0.2, 0.25) is 10.0 Å². The Morgan fingerprint density at radius 1 is 1.26 bits per heavy atom. The SMILES string of the molecule is NC(=O)C1CN(C(c2ccncc2)c2cc(Cl)c(Cl)cc2O)C1. The van der Waals surface area contributed by atoms with Crippen molar-refractivity contribution >= 4 is 29.1 Å². The highest BCUT2D eigenvalue weighted by atomic mass is 35.5. The lowest BCUT2D eigenvalue weighted by Crippen LogP contribution is -2.53. The maximum absolute atomic E-state index is 11.3. The maximum atomic E-state index is 11.3. The molecule has 0 saturated carbocycles. The molecule has 1 aromatic heterocycles. The second-order valence-corrected chi connectivity index (χ2v) is 6.38. The van der Waals surface area contributed by atoms with E-state index in [-0.39, 0.29) is 23.6 Å². The van der Waals surface area contributed by atoms with E-state index in [1.54, 1.807) is 18.5 Å². The van der Waals surface area contributed by atoms with Gasteiger partial charge in [-0.05, 0) is 23.8 Å². The van der Waals surface area contributed by atoms with Crippen LogP contribution in [-0.2, 0) is 4.79 Å². The van der Waals surface area contributed by atoms with E-state index in [1.165, 1.54) is 6.07 Å². The van der Waals surface area contributed by atoms with Crippen LogP contribution in [0.25, 0.3) is 0 Å². The van der Waals surface area contributed by atoms with Crippen LogP contribution in [0.15, 0.2) is 36.7 Å². The van der Waals surface area contributed by atoms with E-state index in [4.69, 9.17) is 28.9 Å². The van der Waals surface area contributed by atoms with Crippen LogP contribution in [0.4, 0.5) is 0 Å². The molecular formula is C16H15Cl2N3O2. The lowest BCUT2D eigenvalue weighted by atomic mass is 9.90. The molecule has 0 spiro atoms. The topological polar surface area (TPSA) is 79.5 Å². The highest BCUT2D eigenvalue weighted by molar-refractivity contribution is 6.42. The first-order chi connectivity index (χ1) is 11.0. The van der Waals surface area contributed by atoms with Gasteiger partial charge in [-0.2, -0.15) is 0 Å². The van der Waals surface area contributed by atoms with Gasteiger partial charge in [0.1, 0.15) is 5.75 Å². The Bertz CT molecular complexity index is 734. The normalized spacial score (nSPS) is 16.8. The van der Waals surface area contributed by atoms with Gasteiger partial charge >= 0.3 is 0 Å². The van der Waals surface area contributed by atoms with Crippen molar-refractivity contribution in [1.82, 2.24) is 9.88 Å². The van der Waals surface area contributed by atoms with Crippen molar-refractivity contribution in [3.63, 3.8) is 0 Å². The molecule has 2 heterocycles. The molecule has 0 aliphatic carbocycles. The molecule has 0 bridgehead atoms. The van der Waals surface area contributed by atoms with E-state index in [1.807, 2.05) is 12.1 Å². The number of primary amides is 1. The summed E-state index contributed by atoms with van der Waals surface area (Å²) in [7, 11) is 0. The molecule has 23 heavy (non-hydrogen) atoms. The van der Waals surface area contributed by atoms with Crippen molar-refractivity contribution in [1.29, 1.82) is 0 Å². The summed E-state index contributed by atoms with van der Waals surface area (Å²) in [6, 6.07) is 6.57. The molecule has 120 valence electrons. The van der Waals surface area contributed by atoms with Crippen molar-refractivity contribution in [2.45, 2.75) is 6.04 Å². The first-order valence-corrected chi connectivity index (χ1v) is 7.84. The number of aromatic hydroxyl groups is 1. The zero-order valence-electron chi connectivity index (χ0n) is 12.1. The second-order valence-electron chi connectivity index (χ2n) is 5.56. The molecule has 1 aliphatic heterocycles. The van der Waals surface area contributed by atoms with Gasteiger partial charge in [0.15, 0.2) is 0 Å². The van der Waals surface area contributed by atoms with Gasteiger partial charge in [0.05, 0.1) is 22.0 Å². The zero-order valence-corrected chi connectivity index (χ0v) is 13.6. The summed E-state index contributed by atoms with van der Waals surface area (Å²) in [4.78, 5) is 17.4. The summed E-state index contributed by atoms with van der Waals surface area (Å²) in [5.41, 5.74) is 6.92. The highest BCUT2D eigenvalue weighted by Gasteiger charge is 2.38. The number of nitrogens with two attached hydrogens (primary N) is 1. The predicted molar refractivity (Wildman–Crippen MR) is 88.5 cm³/mol. The molecule has 5 nitrogen and oxygen atoms in total. The van der Waals surface area contributed by atoms with Gasteiger partial charge in [0.2, 0.25) is 5.91 Å². The lowest BCUT2D eigenvalue weighted by Gasteiger charge is -2.43. The number of likely N-dealkylation sites (tertiary alicyclic amines) is 1. The van der Waals surface area contributed by atoms with Crippen molar-refractivity contribution in [3.05, 3.63) is 57.8 Å². The Balaban J connectivity index is 2.00. The fourth-order valence-corrected chi connectivity index (χ4v) is 3.14. The number of phenolic OH excluding ortho intramolecular Hbond substituents is 1. The van der Waals surface area contributed by atoms with Crippen LogP contribution < -0.4 is 5.73 Å². The minimum Gasteiger partial charge on any atom is -0.508 e. The van der Waals surface area contributed by atoms with Crippen molar-refractivity contribution < 1.29 is 9.90 Å². The van der Waals surface area contributed by atoms with Crippen LogP contribution in [0, 0.1) is 5.92 Å². The number of pyridine rings is 1. The summed E-state index contributed by atoms with van der Waals surface area (Å²) in [5.74, 6) is -0.430. The number of carbonyl (C=O) groups excluding carboxylic acids is 1. The Kier molecular flexibility index (Phi) is 4.43. The molecule has 3 N–H and O–H groups in total. The summed E-state index contributed by atoms with van der Waals surface area (Å²) in [6.07, 6.45) is 3.37. The lowest BCUT2D eigenvalue weighted by molar-refractivity contribution is -0.127. The highest BCUT2D eigenvalue weighted by Crippen LogP contribution is 2.41. The van der Waals surface area contributed by atoms with Crippen LogP contribution in [0.1, 0.15) is 17.2 Å². The quantitative estimate of drug-likeness (QED) is 0.887. The number of phenols is 1. The number of hydrogen-bond donors (Lipinski definition) is 2. The Labute approximate surface area is 143 Å². The van der Waals surface area contributed by atoms with Crippen LogP contribution in [-0.4, -0.2) is 34.0 Å². The zero-order chi connectivity index (χ0) is 16.6. The number of rotatable bonds is 4. The number of nitrogens with zero attached hydrogens (tertiary/aromatic N) is 2. The standard InChI is InChI=1S/C16H15Cl2N3O2/c17-12-5-11(14(22)6-13(12)18)15(9-1-3-20-4-2-9)21-7-10(8-21)16(19)23/h1-6,10,15,22H,7-8H2,(H2,19,23). The number of carbonyl (C=O) groups is 1. The van der Waals surface area contributed by atoms with Gasteiger partial charge in [0.25, 0.3) is 0 Å². The average molecular weight is 352 g/mol. The molecule has 7 heteroatoms.